The molecule has 0 spiro atoms. The first-order valence-electron chi connectivity index (χ1n) is 6.59. The van der Waals surface area contributed by atoms with Crippen LogP contribution < -0.4 is 16.8 Å². The molecule has 21 heavy (non-hydrogen) atoms. The molecule has 1 aliphatic rings. The fraction of sp³-hybridized carbons (Fsp3) is 0.538. The Balaban J connectivity index is 2.38. The Hall–Kier alpha value is -1.67. The lowest BCUT2D eigenvalue weighted by atomic mass is 9.95. The van der Waals surface area contributed by atoms with Gasteiger partial charge in [0, 0.05) is 23.8 Å². The molecule has 1 heterocycles. The van der Waals surface area contributed by atoms with Crippen molar-refractivity contribution in [3.63, 3.8) is 0 Å². The van der Waals surface area contributed by atoms with Crippen molar-refractivity contribution in [2.24, 2.45) is 22.4 Å². The highest BCUT2D eigenvalue weighted by Crippen LogP contribution is 2.18. The number of nitrogens with one attached hydrogen (secondary N) is 1. The fourth-order valence-electron chi connectivity index (χ4n) is 1.82. The molecule has 0 aromatic carbocycles. The van der Waals surface area contributed by atoms with Crippen molar-refractivity contribution >= 4 is 35.6 Å². The third-order valence-electron chi connectivity index (χ3n) is 2.85. The third kappa shape index (κ3) is 6.54. The van der Waals surface area contributed by atoms with Crippen molar-refractivity contribution in [2.75, 3.05) is 12.3 Å². The van der Waals surface area contributed by atoms with E-state index in [1.807, 2.05) is 6.92 Å². The van der Waals surface area contributed by atoms with Gasteiger partial charge in [0.05, 0.1) is 12.6 Å². The number of ketones is 1. The van der Waals surface area contributed by atoms with Gasteiger partial charge in [-0.25, -0.2) is 0 Å². The van der Waals surface area contributed by atoms with Gasteiger partial charge in [0.2, 0.25) is 11.8 Å². The predicted molar refractivity (Wildman–Crippen MR) is 82.6 cm³/mol. The molecule has 0 aromatic heterocycles. The van der Waals surface area contributed by atoms with Crippen LogP contribution in [-0.4, -0.2) is 42.2 Å². The summed E-state index contributed by atoms with van der Waals surface area (Å²) in [6.45, 7) is 1.61. The van der Waals surface area contributed by atoms with Gasteiger partial charge in [0.15, 0.2) is 5.78 Å². The van der Waals surface area contributed by atoms with E-state index >= 15 is 0 Å². The molecular formula is C13H20N4O3S. The molecule has 116 valence electrons. The van der Waals surface area contributed by atoms with Crippen molar-refractivity contribution in [1.29, 1.82) is 0 Å². The number of carbonyl (C=O) groups is 3. The normalized spacial score (nSPS) is 16.8. The van der Waals surface area contributed by atoms with Crippen LogP contribution in [0.15, 0.2) is 16.1 Å². The molecule has 5 N–H and O–H groups in total. The minimum Gasteiger partial charge on any atom is -0.368 e. The summed E-state index contributed by atoms with van der Waals surface area (Å²) in [6, 6.07) is -0.773. The number of amides is 2. The highest BCUT2D eigenvalue weighted by Gasteiger charge is 2.20. The van der Waals surface area contributed by atoms with Crippen LogP contribution >= 0.6 is 11.8 Å². The molecule has 0 aliphatic carbocycles. The SMILES string of the molecule is CC(CC(=O)C1=CSCC=N1)C[C@H](N)C(=O)NCC(N)=O. The summed E-state index contributed by atoms with van der Waals surface area (Å²) >= 11 is 1.52. The lowest BCUT2D eigenvalue weighted by Gasteiger charge is -2.16. The monoisotopic (exact) mass is 312 g/mol. The minimum absolute atomic E-state index is 0.0595. The number of primary amides is 1. The van der Waals surface area contributed by atoms with Gasteiger partial charge in [-0.05, 0) is 12.3 Å². The van der Waals surface area contributed by atoms with Crippen molar-refractivity contribution < 1.29 is 14.4 Å². The van der Waals surface area contributed by atoms with Crippen LogP contribution in [0, 0.1) is 5.92 Å². The van der Waals surface area contributed by atoms with Crippen LogP contribution in [0.1, 0.15) is 19.8 Å². The molecule has 0 bridgehead atoms. The van der Waals surface area contributed by atoms with Gasteiger partial charge in [0.25, 0.3) is 0 Å². The number of carbonyl (C=O) groups excluding carboxylic acids is 3. The lowest BCUT2D eigenvalue weighted by Crippen LogP contribution is -2.44. The first kappa shape index (κ1) is 17.4. The first-order valence-corrected chi connectivity index (χ1v) is 7.64. The highest BCUT2D eigenvalue weighted by molar-refractivity contribution is 8.02. The van der Waals surface area contributed by atoms with Gasteiger partial charge in [-0.1, -0.05) is 6.92 Å². The van der Waals surface area contributed by atoms with Crippen LogP contribution in [0.4, 0.5) is 0 Å². The van der Waals surface area contributed by atoms with Crippen LogP contribution in [0.2, 0.25) is 0 Å². The van der Waals surface area contributed by atoms with Crippen LogP contribution in [-0.2, 0) is 14.4 Å². The molecule has 7 nitrogen and oxygen atoms in total. The maximum Gasteiger partial charge on any atom is 0.237 e. The molecule has 0 saturated carbocycles. The Bertz CT molecular complexity index is 476. The molecule has 8 heteroatoms. The van der Waals surface area contributed by atoms with E-state index in [1.54, 1.807) is 11.6 Å². The average molecular weight is 312 g/mol. The van der Waals surface area contributed by atoms with E-state index < -0.39 is 17.9 Å². The van der Waals surface area contributed by atoms with Crippen molar-refractivity contribution in [3.8, 4) is 0 Å². The molecule has 0 radical (unpaired) electrons. The molecule has 1 aliphatic heterocycles. The summed E-state index contributed by atoms with van der Waals surface area (Å²) in [5.74, 6) is -0.417. The average Bonchev–Trinajstić information content (AvgIpc) is 2.45. The smallest absolute Gasteiger partial charge is 0.237 e. The zero-order chi connectivity index (χ0) is 15.8. The molecule has 1 unspecified atom stereocenters. The number of Topliss-reactive ketones (excluding diaryl/α,β-unsaturated/α-hetero) is 1. The van der Waals surface area contributed by atoms with E-state index in [1.165, 1.54) is 11.8 Å². The van der Waals surface area contributed by atoms with Gasteiger partial charge < -0.3 is 16.8 Å². The number of aliphatic imine (C=N–C) groups is 1. The van der Waals surface area contributed by atoms with Crippen LogP contribution in [0.3, 0.4) is 0 Å². The fourth-order valence-corrected chi connectivity index (χ4v) is 2.43. The molecular weight excluding hydrogens is 292 g/mol. The van der Waals surface area contributed by atoms with E-state index in [0.717, 1.165) is 5.75 Å². The van der Waals surface area contributed by atoms with E-state index in [-0.39, 0.29) is 24.7 Å². The number of rotatable bonds is 8. The zero-order valence-electron chi connectivity index (χ0n) is 11.9. The second kappa shape index (κ2) is 8.58. The summed E-state index contributed by atoms with van der Waals surface area (Å²) < 4.78 is 0. The number of hydrogen-bond acceptors (Lipinski definition) is 6. The molecule has 2 amide bonds. The van der Waals surface area contributed by atoms with Crippen molar-refractivity contribution in [2.45, 2.75) is 25.8 Å². The quantitative estimate of drug-likeness (QED) is 0.560. The lowest BCUT2D eigenvalue weighted by molar-refractivity contribution is -0.126. The molecule has 0 saturated heterocycles. The first-order chi connectivity index (χ1) is 9.90. The highest BCUT2D eigenvalue weighted by atomic mass is 32.2. The number of nitrogens with two attached hydrogens (primary N) is 2. The van der Waals surface area contributed by atoms with Gasteiger partial charge in [-0.2, -0.15) is 0 Å². The summed E-state index contributed by atoms with van der Waals surface area (Å²) in [5.41, 5.74) is 11.1. The Morgan fingerprint density at radius 1 is 1.48 bits per heavy atom. The Morgan fingerprint density at radius 3 is 2.76 bits per heavy atom. The van der Waals surface area contributed by atoms with Gasteiger partial charge in [-0.3, -0.25) is 19.4 Å². The van der Waals surface area contributed by atoms with Gasteiger partial charge in [0.1, 0.15) is 5.70 Å². The largest absolute Gasteiger partial charge is 0.368 e. The Morgan fingerprint density at radius 2 is 2.19 bits per heavy atom. The minimum atomic E-state index is -0.773. The predicted octanol–water partition coefficient (Wildman–Crippen LogP) is -0.440. The summed E-state index contributed by atoms with van der Waals surface area (Å²) in [6.07, 6.45) is 2.33. The number of hydrogen-bond donors (Lipinski definition) is 3. The van der Waals surface area contributed by atoms with Crippen molar-refractivity contribution in [1.82, 2.24) is 5.32 Å². The molecule has 0 aromatic rings. The van der Waals surface area contributed by atoms with E-state index in [2.05, 4.69) is 10.3 Å². The van der Waals surface area contributed by atoms with Gasteiger partial charge in [-0.15, -0.1) is 11.8 Å². The summed E-state index contributed by atoms with van der Waals surface area (Å²) in [4.78, 5) is 38.2. The Kier molecular flexibility index (Phi) is 7.10. The molecule has 2 atom stereocenters. The maximum atomic E-state index is 12.0. The summed E-state index contributed by atoms with van der Waals surface area (Å²) in [5, 5.41) is 4.09. The number of thioether (sulfide) groups is 1. The number of allylic oxidation sites excluding steroid dienone is 1. The van der Waals surface area contributed by atoms with Gasteiger partial charge >= 0.3 is 0 Å². The summed E-state index contributed by atoms with van der Waals surface area (Å²) in [7, 11) is 0. The second-order valence-electron chi connectivity index (χ2n) is 4.91. The topological polar surface area (TPSA) is 128 Å². The second-order valence-corrected chi connectivity index (χ2v) is 5.81. The third-order valence-corrected chi connectivity index (χ3v) is 3.58. The number of nitrogens with zero attached hydrogens (tertiary/aromatic N) is 1. The van der Waals surface area contributed by atoms with Crippen LogP contribution in [0.5, 0.6) is 0 Å². The van der Waals surface area contributed by atoms with Crippen LogP contribution in [0.25, 0.3) is 0 Å². The van der Waals surface area contributed by atoms with E-state index in [4.69, 9.17) is 11.5 Å². The Labute approximate surface area is 127 Å². The zero-order valence-corrected chi connectivity index (χ0v) is 12.7. The maximum absolute atomic E-state index is 12.0. The van der Waals surface area contributed by atoms with E-state index in [0.29, 0.717) is 12.1 Å². The standard InChI is InChI=1S/C13H20N4O3S/c1-8(4-9(14)13(20)17-6-12(15)19)5-11(18)10-7-21-3-2-16-10/h2,7-9H,3-6,14H2,1H3,(H2,15,19)(H,17,20)/t8?,9-/m0/s1. The molecule has 1 rings (SSSR count). The molecule has 0 fully saturated rings. The van der Waals surface area contributed by atoms with Crippen molar-refractivity contribution in [3.05, 3.63) is 11.1 Å². The van der Waals surface area contributed by atoms with E-state index in [9.17, 15) is 14.4 Å².